The highest BCUT2D eigenvalue weighted by Gasteiger charge is 2.55. The summed E-state index contributed by atoms with van der Waals surface area (Å²) < 4.78 is 39.8. The van der Waals surface area contributed by atoms with Crippen molar-refractivity contribution >= 4 is 11.8 Å². The molecule has 4 aliphatic heterocycles. The second-order valence-corrected chi connectivity index (χ2v) is 12.9. The minimum Gasteiger partial charge on any atom is -0.394 e. The minimum absolute atomic E-state index is 0.500. The van der Waals surface area contributed by atoms with E-state index in [-0.39, 0.29) is 0 Å². The van der Waals surface area contributed by atoms with Gasteiger partial charge in [0.25, 0.3) is 0 Å². The summed E-state index contributed by atoms with van der Waals surface area (Å²) in [4.78, 5) is 24.0. The number of rotatable bonds is 12. The Morgan fingerprint density at radius 3 is 1.43 bits per heavy atom. The third-order valence-electron chi connectivity index (χ3n) is 9.28. The Balaban J connectivity index is 1.56. The molecule has 0 aromatic heterocycles. The van der Waals surface area contributed by atoms with E-state index >= 15 is 0 Å². The van der Waals surface area contributed by atoms with Crippen molar-refractivity contribution < 1.29 is 98.9 Å². The monoisotopic (exact) mass is 746 g/mol. The van der Waals surface area contributed by atoms with Crippen LogP contribution in [-0.4, -0.2) is 217 Å². The largest absolute Gasteiger partial charge is 0.394 e. The number of aliphatic hydroxyl groups is 11. The van der Waals surface area contributed by atoms with Gasteiger partial charge in [0.05, 0.1) is 38.6 Å². The Hall–Kier alpha value is -1.78. The predicted molar refractivity (Wildman–Crippen MR) is 161 cm³/mol. The summed E-state index contributed by atoms with van der Waals surface area (Å²) in [6, 6.07) is -2.54. The molecule has 22 nitrogen and oxygen atoms in total. The lowest BCUT2D eigenvalue weighted by molar-refractivity contribution is -0.378. The molecule has 51 heavy (non-hydrogen) atoms. The van der Waals surface area contributed by atoms with Gasteiger partial charge in [-0.15, -0.1) is 0 Å². The molecule has 20 atom stereocenters. The Kier molecular flexibility index (Phi) is 14.8. The third kappa shape index (κ3) is 9.13. The molecule has 0 spiro atoms. The quantitative estimate of drug-likeness (QED) is 0.0881. The van der Waals surface area contributed by atoms with Crippen LogP contribution in [0.4, 0.5) is 0 Å². The first-order valence-corrected chi connectivity index (χ1v) is 16.4. The van der Waals surface area contributed by atoms with Crippen LogP contribution in [-0.2, 0) is 42.7 Å². The number of amides is 2. The fourth-order valence-electron chi connectivity index (χ4n) is 6.60. The Labute approximate surface area is 291 Å². The van der Waals surface area contributed by atoms with Crippen molar-refractivity contribution in [1.29, 1.82) is 0 Å². The molecule has 22 heteroatoms. The van der Waals surface area contributed by atoms with Crippen LogP contribution in [0.1, 0.15) is 20.8 Å². The van der Waals surface area contributed by atoms with Gasteiger partial charge in [-0.3, -0.25) is 9.59 Å². The number of hydrogen-bond donors (Lipinski definition) is 13. The molecule has 0 radical (unpaired) electrons. The fraction of sp³-hybridized carbons (Fsp3) is 0.931. The van der Waals surface area contributed by atoms with E-state index < -0.39 is 161 Å². The van der Waals surface area contributed by atoms with Crippen molar-refractivity contribution in [3.05, 3.63) is 0 Å². The number of carbonyl (C=O) groups is 2. The van der Waals surface area contributed by atoms with E-state index in [9.17, 15) is 65.8 Å². The summed E-state index contributed by atoms with van der Waals surface area (Å²) in [6.45, 7) is 0.642. The van der Waals surface area contributed by atoms with Gasteiger partial charge >= 0.3 is 0 Å². The van der Waals surface area contributed by atoms with Gasteiger partial charge in [-0.1, -0.05) is 0 Å². The minimum atomic E-state index is -2.01. The molecule has 0 aliphatic carbocycles. The molecule has 0 aromatic rings. The first-order chi connectivity index (χ1) is 24.1. The molecule has 13 N–H and O–H groups in total. The molecule has 4 heterocycles. The van der Waals surface area contributed by atoms with Crippen LogP contribution in [0.2, 0.25) is 0 Å². The maximum atomic E-state index is 12.3. The number of hydrogen-bond acceptors (Lipinski definition) is 20. The lowest BCUT2D eigenvalue weighted by Gasteiger charge is -2.50. The zero-order chi connectivity index (χ0) is 37.9. The van der Waals surface area contributed by atoms with Crippen molar-refractivity contribution in [2.24, 2.45) is 0 Å². The molecule has 0 saturated carbocycles. The summed E-state index contributed by atoms with van der Waals surface area (Å²) in [6.07, 6.45) is -29.4. The van der Waals surface area contributed by atoms with Crippen molar-refractivity contribution in [1.82, 2.24) is 10.6 Å². The number of aliphatic hydroxyl groups excluding tert-OH is 11. The van der Waals surface area contributed by atoms with Crippen LogP contribution in [0.25, 0.3) is 0 Å². The van der Waals surface area contributed by atoms with Gasteiger partial charge in [0.15, 0.2) is 18.9 Å². The zero-order valence-corrected chi connectivity index (χ0v) is 28.0. The third-order valence-corrected chi connectivity index (χ3v) is 9.28. The highest BCUT2D eigenvalue weighted by molar-refractivity contribution is 5.73. The first kappa shape index (κ1) is 42.0. The predicted octanol–water partition coefficient (Wildman–Crippen LogP) is -8.39. The second kappa shape index (κ2) is 18.0. The Morgan fingerprint density at radius 1 is 0.490 bits per heavy atom. The van der Waals surface area contributed by atoms with Crippen LogP contribution < -0.4 is 10.6 Å². The van der Waals surface area contributed by atoms with E-state index in [2.05, 4.69) is 10.6 Å². The molecule has 4 aliphatic rings. The molecule has 4 saturated heterocycles. The second-order valence-electron chi connectivity index (χ2n) is 12.9. The standard InChI is InChI=1S/C29H50N2O20/c1-8-15(30-9(2)36)19(40)24(13(6-34)45-8)49-27-16(31-10(3)37)20(41)25(14(7-35)48-27)50-29-23(44)26(18(39)12(5-33)47-29)51-28-22(43)21(42)17(38)11(4-32)46-28/h8,11-29,32-35,38-44H,4-7H2,1-3H3,(H,30,36)(H,31,37)/t8-,11+,12?,13?,14?,15+,16-,17+,18+,19?,20?,21?,22?,23+,24+,25+,26?,27-,28+,29-/m0/s1. The summed E-state index contributed by atoms with van der Waals surface area (Å²) in [5.41, 5.74) is 0. The highest BCUT2D eigenvalue weighted by Crippen LogP contribution is 2.34. The van der Waals surface area contributed by atoms with Gasteiger partial charge in [0.1, 0.15) is 91.5 Å². The van der Waals surface area contributed by atoms with Crippen molar-refractivity contribution in [3.8, 4) is 0 Å². The maximum absolute atomic E-state index is 12.3. The average Bonchev–Trinajstić information content (AvgIpc) is 3.09. The summed E-state index contributed by atoms with van der Waals surface area (Å²) in [5.74, 6) is -1.20. The zero-order valence-electron chi connectivity index (χ0n) is 28.0. The summed E-state index contributed by atoms with van der Waals surface area (Å²) in [5, 5.41) is 120. The number of carbonyl (C=O) groups excluding carboxylic acids is 2. The molecular weight excluding hydrogens is 696 g/mol. The number of nitrogens with one attached hydrogen (secondary N) is 2. The van der Waals surface area contributed by atoms with Gasteiger partial charge in [-0.25, -0.2) is 0 Å². The Bertz CT molecular complexity index is 1140. The molecule has 4 rings (SSSR count). The maximum Gasteiger partial charge on any atom is 0.217 e. The topological polar surface area (TPSA) is 345 Å². The average molecular weight is 747 g/mol. The Morgan fingerprint density at radius 2 is 0.902 bits per heavy atom. The van der Waals surface area contributed by atoms with E-state index in [1.165, 1.54) is 6.92 Å². The van der Waals surface area contributed by atoms with Gasteiger partial charge < -0.3 is 100.0 Å². The van der Waals surface area contributed by atoms with E-state index in [0.717, 1.165) is 6.92 Å². The van der Waals surface area contributed by atoms with Crippen molar-refractivity contribution in [2.75, 3.05) is 26.4 Å². The van der Waals surface area contributed by atoms with Crippen LogP contribution in [0, 0.1) is 0 Å². The molecule has 296 valence electrons. The van der Waals surface area contributed by atoms with Crippen LogP contribution in [0.3, 0.4) is 0 Å². The van der Waals surface area contributed by atoms with Crippen LogP contribution >= 0.6 is 0 Å². The lowest BCUT2D eigenvalue weighted by atomic mass is 9.92. The first-order valence-electron chi connectivity index (χ1n) is 16.4. The van der Waals surface area contributed by atoms with E-state index in [1.54, 1.807) is 6.92 Å². The lowest BCUT2D eigenvalue weighted by Crippen LogP contribution is -2.70. The highest BCUT2D eigenvalue weighted by atomic mass is 16.8. The smallest absolute Gasteiger partial charge is 0.217 e. The van der Waals surface area contributed by atoms with E-state index in [0.29, 0.717) is 0 Å². The van der Waals surface area contributed by atoms with E-state index in [4.69, 9.17) is 33.2 Å². The molecule has 8 unspecified atom stereocenters. The van der Waals surface area contributed by atoms with Gasteiger partial charge in [-0.2, -0.15) is 0 Å². The molecule has 0 bridgehead atoms. The molecule has 0 aromatic carbocycles. The van der Waals surface area contributed by atoms with Crippen molar-refractivity contribution in [3.63, 3.8) is 0 Å². The van der Waals surface area contributed by atoms with E-state index in [1.807, 2.05) is 0 Å². The fourth-order valence-corrected chi connectivity index (χ4v) is 6.60. The van der Waals surface area contributed by atoms with Crippen molar-refractivity contribution in [2.45, 2.75) is 143 Å². The normalized spacial score (nSPS) is 47.8. The van der Waals surface area contributed by atoms with Crippen LogP contribution in [0.15, 0.2) is 0 Å². The van der Waals surface area contributed by atoms with Gasteiger partial charge in [-0.05, 0) is 6.92 Å². The van der Waals surface area contributed by atoms with Gasteiger partial charge in [0.2, 0.25) is 11.8 Å². The summed E-state index contributed by atoms with van der Waals surface area (Å²) >= 11 is 0. The molecular formula is C29H50N2O20. The SMILES string of the molecule is CC(=O)N[C@H]1C(O)[C@H](O[C@@H]2OC(CO)[C@@H](O)C(O[C@H]3O[C@H](CO)[C@@H](O)C(O)C3O)[C@H]2O)C(CO)O[C@H]1O[C@@H]1C(CO)O[C@@H](C)[C@@H](NC(C)=O)C1O. The molecule has 4 fully saturated rings. The molecule has 2 amide bonds. The summed E-state index contributed by atoms with van der Waals surface area (Å²) in [7, 11) is 0. The number of ether oxygens (including phenoxy) is 7. The van der Waals surface area contributed by atoms with Crippen LogP contribution in [0.5, 0.6) is 0 Å². The van der Waals surface area contributed by atoms with Gasteiger partial charge in [0, 0.05) is 13.8 Å².